The van der Waals surface area contributed by atoms with Gasteiger partial charge < -0.3 is 19.9 Å². The Hall–Kier alpha value is -2.69. The summed E-state index contributed by atoms with van der Waals surface area (Å²) in [5, 5.41) is 0. The van der Waals surface area contributed by atoms with Crippen LogP contribution in [0.2, 0.25) is 0 Å². The summed E-state index contributed by atoms with van der Waals surface area (Å²) in [7, 11) is 4.55. The zero-order valence-electron chi connectivity index (χ0n) is 12.2. The number of carbonyl (C=O) groups excluding carboxylic acids is 1. The van der Waals surface area contributed by atoms with Crippen LogP contribution < -0.4 is 19.9 Å². The van der Waals surface area contributed by atoms with Gasteiger partial charge in [-0.25, -0.2) is 0 Å². The zero-order valence-corrected chi connectivity index (χ0v) is 12.2. The Labute approximate surface area is 123 Å². The molecule has 2 aromatic carbocycles. The molecule has 0 radical (unpaired) electrons. The number of nitrogens with two attached hydrogens (primary N) is 1. The third-order valence-electron chi connectivity index (χ3n) is 3.18. The highest BCUT2D eigenvalue weighted by Gasteiger charge is 2.19. The molecule has 0 saturated heterocycles. The van der Waals surface area contributed by atoms with Crippen LogP contribution in [0.15, 0.2) is 36.4 Å². The highest BCUT2D eigenvalue weighted by molar-refractivity contribution is 6.14. The lowest BCUT2D eigenvalue weighted by Gasteiger charge is -2.12. The molecule has 110 valence electrons. The van der Waals surface area contributed by atoms with Gasteiger partial charge in [0.25, 0.3) is 0 Å². The van der Waals surface area contributed by atoms with E-state index in [1.165, 1.54) is 21.3 Å². The normalized spacial score (nSPS) is 10.0. The van der Waals surface area contributed by atoms with E-state index >= 15 is 0 Å². The summed E-state index contributed by atoms with van der Waals surface area (Å²) in [5.41, 5.74) is 7.02. The highest BCUT2D eigenvalue weighted by Crippen LogP contribution is 2.31. The molecule has 2 aromatic rings. The molecule has 0 spiro atoms. The lowest BCUT2D eigenvalue weighted by Crippen LogP contribution is -2.08. The SMILES string of the molecule is COc1ccc(OC)c(C(=O)c2cccc(OC)c2N)c1. The van der Waals surface area contributed by atoms with Gasteiger partial charge in [0.05, 0.1) is 32.6 Å². The summed E-state index contributed by atoms with van der Waals surface area (Å²) in [6.45, 7) is 0. The van der Waals surface area contributed by atoms with E-state index in [9.17, 15) is 4.79 Å². The Balaban J connectivity index is 2.54. The maximum Gasteiger partial charge on any atom is 0.199 e. The van der Waals surface area contributed by atoms with Crippen molar-refractivity contribution in [1.82, 2.24) is 0 Å². The van der Waals surface area contributed by atoms with Gasteiger partial charge in [0.15, 0.2) is 5.78 Å². The van der Waals surface area contributed by atoms with Gasteiger partial charge in [0, 0.05) is 5.56 Å². The lowest BCUT2D eigenvalue weighted by atomic mass is 10.00. The second kappa shape index (κ2) is 6.17. The predicted octanol–water partition coefficient (Wildman–Crippen LogP) is 2.53. The number of ether oxygens (including phenoxy) is 3. The van der Waals surface area contributed by atoms with Crippen molar-refractivity contribution in [3.63, 3.8) is 0 Å². The van der Waals surface area contributed by atoms with Gasteiger partial charge >= 0.3 is 0 Å². The predicted molar refractivity (Wildman–Crippen MR) is 80.4 cm³/mol. The molecule has 0 aromatic heterocycles. The summed E-state index contributed by atoms with van der Waals surface area (Å²) in [5.74, 6) is 1.24. The number of ketones is 1. The van der Waals surface area contributed by atoms with Crippen molar-refractivity contribution in [3.8, 4) is 17.2 Å². The van der Waals surface area contributed by atoms with Crippen LogP contribution in [0, 0.1) is 0 Å². The molecule has 0 atom stereocenters. The Morgan fingerprint density at radius 2 is 1.62 bits per heavy atom. The third-order valence-corrected chi connectivity index (χ3v) is 3.18. The molecule has 0 amide bonds. The number of hydrogen-bond acceptors (Lipinski definition) is 5. The molecule has 2 rings (SSSR count). The molecule has 0 aliphatic rings. The first kappa shape index (κ1) is 14.7. The smallest absolute Gasteiger partial charge is 0.199 e. The minimum Gasteiger partial charge on any atom is -0.497 e. The molecular weight excluding hydrogens is 270 g/mol. The van der Waals surface area contributed by atoms with Gasteiger partial charge in [-0.3, -0.25) is 4.79 Å². The maximum atomic E-state index is 12.7. The molecule has 0 saturated carbocycles. The second-order valence-electron chi connectivity index (χ2n) is 4.32. The number of anilines is 1. The Bertz CT molecular complexity index is 667. The standard InChI is InChI=1S/C16H17NO4/c1-19-10-7-8-13(20-2)12(9-10)16(18)11-5-4-6-14(21-3)15(11)17/h4-9H,17H2,1-3H3. The van der Waals surface area contributed by atoms with E-state index in [2.05, 4.69) is 0 Å². The molecule has 0 aliphatic heterocycles. The molecule has 5 heteroatoms. The minimum atomic E-state index is -0.248. The number of para-hydroxylation sites is 1. The van der Waals surface area contributed by atoms with Crippen LogP contribution >= 0.6 is 0 Å². The molecule has 21 heavy (non-hydrogen) atoms. The first-order chi connectivity index (χ1) is 10.1. The first-order valence-corrected chi connectivity index (χ1v) is 6.31. The summed E-state index contributed by atoms with van der Waals surface area (Å²) >= 11 is 0. The van der Waals surface area contributed by atoms with E-state index in [-0.39, 0.29) is 5.78 Å². The van der Waals surface area contributed by atoms with Crippen molar-refractivity contribution in [2.45, 2.75) is 0 Å². The largest absolute Gasteiger partial charge is 0.497 e. The highest BCUT2D eigenvalue weighted by atomic mass is 16.5. The molecule has 2 N–H and O–H groups in total. The van der Waals surface area contributed by atoms with Crippen molar-refractivity contribution >= 4 is 11.5 Å². The van der Waals surface area contributed by atoms with Crippen LogP contribution in [0.25, 0.3) is 0 Å². The fraction of sp³-hybridized carbons (Fsp3) is 0.188. The van der Waals surface area contributed by atoms with Crippen molar-refractivity contribution in [2.24, 2.45) is 0 Å². The average Bonchev–Trinajstić information content (AvgIpc) is 2.53. The number of rotatable bonds is 5. The number of hydrogen-bond donors (Lipinski definition) is 1. The Morgan fingerprint density at radius 3 is 2.24 bits per heavy atom. The fourth-order valence-corrected chi connectivity index (χ4v) is 2.06. The second-order valence-corrected chi connectivity index (χ2v) is 4.32. The molecule has 5 nitrogen and oxygen atoms in total. The fourth-order valence-electron chi connectivity index (χ4n) is 2.06. The number of benzene rings is 2. The maximum absolute atomic E-state index is 12.7. The molecule has 0 fully saturated rings. The van der Waals surface area contributed by atoms with E-state index in [4.69, 9.17) is 19.9 Å². The van der Waals surface area contributed by atoms with E-state index in [1.54, 1.807) is 36.4 Å². The lowest BCUT2D eigenvalue weighted by molar-refractivity contribution is 0.103. The first-order valence-electron chi connectivity index (χ1n) is 6.31. The van der Waals surface area contributed by atoms with E-state index < -0.39 is 0 Å². The Kier molecular flexibility index (Phi) is 4.33. The molecule has 0 unspecified atom stereocenters. The van der Waals surface area contributed by atoms with Crippen LogP contribution in [0.3, 0.4) is 0 Å². The van der Waals surface area contributed by atoms with Crippen LogP contribution in [0.1, 0.15) is 15.9 Å². The van der Waals surface area contributed by atoms with E-state index in [1.807, 2.05) is 0 Å². The van der Waals surface area contributed by atoms with Crippen molar-refractivity contribution < 1.29 is 19.0 Å². The topological polar surface area (TPSA) is 70.8 Å². The monoisotopic (exact) mass is 287 g/mol. The quantitative estimate of drug-likeness (QED) is 0.676. The van der Waals surface area contributed by atoms with Gasteiger partial charge in [0.1, 0.15) is 17.2 Å². The number of carbonyl (C=O) groups is 1. The average molecular weight is 287 g/mol. The van der Waals surface area contributed by atoms with Gasteiger partial charge in [-0.2, -0.15) is 0 Å². The summed E-state index contributed by atoms with van der Waals surface area (Å²) in [6.07, 6.45) is 0. The van der Waals surface area contributed by atoms with Gasteiger partial charge in [-0.15, -0.1) is 0 Å². The van der Waals surface area contributed by atoms with Crippen molar-refractivity contribution in [1.29, 1.82) is 0 Å². The summed E-state index contributed by atoms with van der Waals surface area (Å²) in [6, 6.07) is 10.1. The molecule has 0 aliphatic carbocycles. The third kappa shape index (κ3) is 2.76. The van der Waals surface area contributed by atoms with Crippen LogP contribution in [-0.4, -0.2) is 27.1 Å². The van der Waals surface area contributed by atoms with Crippen LogP contribution in [0.4, 0.5) is 5.69 Å². The summed E-state index contributed by atoms with van der Waals surface area (Å²) in [4.78, 5) is 12.7. The molecule has 0 bridgehead atoms. The van der Waals surface area contributed by atoms with Gasteiger partial charge in [-0.05, 0) is 30.3 Å². The van der Waals surface area contributed by atoms with Gasteiger partial charge in [0.2, 0.25) is 0 Å². The minimum absolute atomic E-state index is 0.248. The Morgan fingerprint density at radius 1 is 0.905 bits per heavy atom. The van der Waals surface area contributed by atoms with Gasteiger partial charge in [-0.1, -0.05) is 6.07 Å². The molecule has 0 heterocycles. The number of nitrogen functional groups attached to an aromatic ring is 1. The van der Waals surface area contributed by atoms with Crippen LogP contribution in [-0.2, 0) is 0 Å². The summed E-state index contributed by atoms with van der Waals surface area (Å²) < 4.78 is 15.5. The zero-order chi connectivity index (χ0) is 15.4. The van der Waals surface area contributed by atoms with Crippen LogP contribution in [0.5, 0.6) is 17.2 Å². The van der Waals surface area contributed by atoms with E-state index in [0.717, 1.165) is 0 Å². The van der Waals surface area contributed by atoms with Crippen molar-refractivity contribution in [3.05, 3.63) is 47.5 Å². The van der Waals surface area contributed by atoms with Crippen molar-refractivity contribution in [2.75, 3.05) is 27.1 Å². The molecular formula is C16H17NO4. The number of methoxy groups -OCH3 is 3. The van der Waals surface area contributed by atoms with E-state index in [0.29, 0.717) is 34.1 Å².